The topological polar surface area (TPSA) is 64.1 Å². The number of nitrogens with one attached hydrogen (secondary N) is 1. The fourth-order valence-corrected chi connectivity index (χ4v) is 3.08. The molecule has 1 aromatic heterocycles. The number of carbonyl (C=O) groups excluding carboxylic acids is 1. The molecule has 5 heteroatoms. The monoisotopic (exact) mass is 395 g/mol. The van der Waals surface area contributed by atoms with Gasteiger partial charge < -0.3 is 10.1 Å². The summed E-state index contributed by atoms with van der Waals surface area (Å²) in [6.07, 6.45) is 0. The summed E-state index contributed by atoms with van der Waals surface area (Å²) >= 11 is 0. The van der Waals surface area contributed by atoms with Gasteiger partial charge in [-0.25, -0.2) is 14.8 Å². The predicted molar refractivity (Wildman–Crippen MR) is 119 cm³/mol. The van der Waals surface area contributed by atoms with Gasteiger partial charge in [0.05, 0.1) is 23.6 Å². The van der Waals surface area contributed by atoms with E-state index in [1.54, 1.807) is 25.1 Å². The lowest BCUT2D eigenvalue weighted by Crippen LogP contribution is -2.05. The third-order valence-electron chi connectivity index (χ3n) is 4.50. The number of anilines is 2. The van der Waals surface area contributed by atoms with Gasteiger partial charge in [0, 0.05) is 16.8 Å². The van der Waals surface area contributed by atoms with Crippen LogP contribution in [0.3, 0.4) is 0 Å². The number of aromatic nitrogens is 2. The molecule has 0 fully saturated rings. The first-order chi connectivity index (χ1) is 14.7. The van der Waals surface area contributed by atoms with Gasteiger partial charge in [-0.05, 0) is 31.2 Å². The van der Waals surface area contributed by atoms with Crippen LogP contribution in [0, 0.1) is 0 Å². The van der Waals surface area contributed by atoms with Crippen LogP contribution in [0.2, 0.25) is 0 Å². The quantitative estimate of drug-likeness (QED) is 0.422. The third-order valence-corrected chi connectivity index (χ3v) is 4.50. The minimum Gasteiger partial charge on any atom is -0.462 e. The zero-order valence-electron chi connectivity index (χ0n) is 16.6. The predicted octanol–water partition coefficient (Wildman–Crippen LogP) is 5.73. The smallest absolute Gasteiger partial charge is 0.338 e. The van der Waals surface area contributed by atoms with E-state index in [2.05, 4.69) is 5.32 Å². The second-order valence-electron chi connectivity index (χ2n) is 6.62. The van der Waals surface area contributed by atoms with Crippen LogP contribution in [0.4, 0.5) is 11.6 Å². The van der Waals surface area contributed by atoms with Crippen LogP contribution in [-0.2, 0) is 4.74 Å². The van der Waals surface area contributed by atoms with E-state index >= 15 is 0 Å². The van der Waals surface area contributed by atoms with Gasteiger partial charge in [-0.2, -0.15) is 0 Å². The summed E-state index contributed by atoms with van der Waals surface area (Å²) in [6, 6.07) is 29.0. The number of carbonyl (C=O) groups is 1. The van der Waals surface area contributed by atoms with Crippen molar-refractivity contribution >= 4 is 17.6 Å². The molecule has 5 nitrogen and oxygen atoms in total. The molecule has 0 saturated carbocycles. The molecule has 0 spiro atoms. The van der Waals surface area contributed by atoms with Crippen molar-refractivity contribution in [3.05, 3.63) is 96.6 Å². The fourth-order valence-electron chi connectivity index (χ4n) is 3.08. The lowest BCUT2D eigenvalue weighted by atomic mass is 10.1. The van der Waals surface area contributed by atoms with Crippen LogP contribution < -0.4 is 5.32 Å². The molecule has 0 saturated heterocycles. The van der Waals surface area contributed by atoms with E-state index < -0.39 is 0 Å². The number of benzene rings is 3. The van der Waals surface area contributed by atoms with E-state index in [0.717, 1.165) is 22.5 Å². The SMILES string of the molecule is CCOC(=O)c1cccc(Nc2nc(-c3ccccc3)cc(-c3ccccc3)n2)c1. The molecule has 0 aliphatic heterocycles. The van der Waals surface area contributed by atoms with Crippen LogP contribution in [0.5, 0.6) is 0 Å². The number of ether oxygens (including phenoxy) is 1. The maximum absolute atomic E-state index is 12.0. The van der Waals surface area contributed by atoms with E-state index in [1.165, 1.54) is 0 Å². The van der Waals surface area contributed by atoms with Crippen LogP contribution in [-0.4, -0.2) is 22.5 Å². The van der Waals surface area contributed by atoms with E-state index in [-0.39, 0.29) is 5.97 Å². The van der Waals surface area contributed by atoms with Crippen LogP contribution in [0.25, 0.3) is 22.5 Å². The number of nitrogens with zero attached hydrogens (tertiary/aromatic N) is 2. The Hall–Kier alpha value is -3.99. The van der Waals surface area contributed by atoms with Crippen molar-refractivity contribution in [1.29, 1.82) is 0 Å². The highest BCUT2D eigenvalue weighted by Crippen LogP contribution is 2.26. The Morgan fingerprint density at radius 2 is 1.40 bits per heavy atom. The highest BCUT2D eigenvalue weighted by Gasteiger charge is 2.11. The zero-order valence-corrected chi connectivity index (χ0v) is 16.6. The first kappa shape index (κ1) is 19.3. The van der Waals surface area contributed by atoms with Crippen LogP contribution >= 0.6 is 0 Å². The summed E-state index contributed by atoms with van der Waals surface area (Å²) in [4.78, 5) is 21.4. The molecule has 0 bridgehead atoms. The molecule has 0 aliphatic carbocycles. The summed E-state index contributed by atoms with van der Waals surface area (Å²) in [5.74, 6) is 0.0984. The maximum Gasteiger partial charge on any atom is 0.338 e. The molecule has 0 atom stereocenters. The standard InChI is InChI=1S/C25H21N3O2/c1-2-30-24(29)20-14-9-15-21(16-20)26-25-27-22(18-10-5-3-6-11-18)17-23(28-25)19-12-7-4-8-13-19/h3-17H,2H2,1H3,(H,26,27,28). The average molecular weight is 395 g/mol. The number of hydrogen-bond donors (Lipinski definition) is 1. The van der Waals surface area contributed by atoms with Gasteiger partial charge >= 0.3 is 5.97 Å². The van der Waals surface area contributed by atoms with Crippen LogP contribution in [0.15, 0.2) is 91.0 Å². The summed E-state index contributed by atoms with van der Waals surface area (Å²) < 4.78 is 5.09. The highest BCUT2D eigenvalue weighted by atomic mass is 16.5. The van der Waals surface area contributed by atoms with Gasteiger partial charge in [0.25, 0.3) is 0 Å². The Bertz CT molecular complexity index is 1090. The molecule has 1 N–H and O–H groups in total. The van der Waals surface area contributed by atoms with Crippen molar-refractivity contribution < 1.29 is 9.53 Å². The minimum absolute atomic E-state index is 0.332. The Labute approximate surface area is 175 Å². The van der Waals surface area contributed by atoms with Crippen molar-refractivity contribution in [3.63, 3.8) is 0 Å². The molecular formula is C25H21N3O2. The Morgan fingerprint density at radius 1 is 0.800 bits per heavy atom. The number of esters is 1. The van der Waals surface area contributed by atoms with Crippen LogP contribution in [0.1, 0.15) is 17.3 Å². The molecule has 4 rings (SSSR count). The van der Waals surface area contributed by atoms with E-state index in [9.17, 15) is 4.79 Å². The van der Waals surface area contributed by atoms with E-state index in [4.69, 9.17) is 14.7 Å². The zero-order chi connectivity index (χ0) is 20.8. The van der Waals surface area contributed by atoms with Crippen molar-refractivity contribution in [1.82, 2.24) is 9.97 Å². The second-order valence-corrected chi connectivity index (χ2v) is 6.62. The highest BCUT2D eigenvalue weighted by molar-refractivity contribution is 5.90. The van der Waals surface area contributed by atoms with Gasteiger partial charge in [0.1, 0.15) is 0 Å². The van der Waals surface area contributed by atoms with Crippen molar-refractivity contribution in [2.45, 2.75) is 6.92 Å². The molecular weight excluding hydrogens is 374 g/mol. The third kappa shape index (κ3) is 4.52. The molecule has 0 aliphatic rings. The molecule has 1 heterocycles. The first-order valence-electron chi connectivity index (χ1n) is 9.77. The van der Waals surface area contributed by atoms with Gasteiger partial charge in [0.2, 0.25) is 5.95 Å². The Balaban J connectivity index is 1.73. The fraction of sp³-hybridized carbons (Fsp3) is 0.0800. The summed E-state index contributed by atoms with van der Waals surface area (Å²) in [5, 5.41) is 3.23. The Morgan fingerprint density at radius 3 is 1.97 bits per heavy atom. The van der Waals surface area contributed by atoms with Gasteiger partial charge in [0.15, 0.2) is 0 Å². The van der Waals surface area contributed by atoms with Gasteiger partial charge in [-0.15, -0.1) is 0 Å². The molecule has 0 unspecified atom stereocenters. The Kier molecular flexibility index (Phi) is 5.80. The maximum atomic E-state index is 12.0. The van der Waals surface area contributed by atoms with E-state index in [0.29, 0.717) is 23.8 Å². The molecule has 0 amide bonds. The largest absolute Gasteiger partial charge is 0.462 e. The first-order valence-corrected chi connectivity index (χ1v) is 9.77. The number of rotatable bonds is 6. The van der Waals surface area contributed by atoms with Crippen molar-refractivity contribution in [2.24, 2.45) is 0 Å². The molecule has 30 heavy (non-hydrogen) atoms. The average Bonchev–Trinajstić information content (AvgIpc) is 2.80. The summed E-state index contributed by atoms with van der Waals surface area (Å²) in [6.45, 7) is 2.12. The van der Waals surface area contributed by atoms with Gasteiger partial charge in [-0.3, -0.25) is 0 Å². The summed E-state index contributed by atoms with van der Waals surface area (Å²) in [7, 11) is 0. The molecule has 3 aromatic carbocycles. The molecule has 4 aromatic rings. The minimum atomic E-state index is -0.356. The lowest BCUT2D eigenvalue weighted by molar-refractivity contribution is 0.0526. The molecule has 0 radical (unpaired) electrons. The van der Waals surface area contributed by atoms with Crippen molar-refractivity contribution in [3.8, 4) is 22.5 Å². The summed E-state index contributed by atoms with van der Waals surface area (Å²) in [5.41, 5.74) is 4.82. The molecule has 148 valence electrons. The number of hydrogen-bond acceptors (Lipinski definition) is 5. The lowest BCUT2D eigenvalue weighted by Gasteiger charge is -2.11. The van der Waals surface area contributed by atoms with E-state index in [1.807, 2.05) is 72.8 Å². The normalized spacial score (nSPS) is 10.4. The van der Waals surface area contributed by atoms with Gasteiger partial charge in [-0.1, -0.05) is 66.7 Å². The van der Waals surface area contributed by atoms with Crippen molar-refractivity contribution in [2.75, 3.05) is 11.9 Å². The second kappa shape index (κ2) is 9.01.